The molecule has 0 radical (unpaired) electrons. The van der Waals surface area contributed by atoms with Gasteiger partial charge in [0.15, 0.2) is 0 Å². The Morgan fingerprint density at radius 2 is 2.14 bits per heavy atom. The van der Waals surface area contributed by atoms with Crippen molar-refractivity contribution in [1.82, 2.24) is 14.9 Å². The highest BCUT2D eigenvalue weighted by Gasteiger charge is 2.18. The van der Waals surface area contributed by atoms with E-state index in [9.17, 15) is 4.79 Å². The number of pyridine rings is 1. The number of hydrogen-bond donors (Lipinski definition) is 1. The maximum absolute atomic E-state index is 12.3. The van der Waals surface area contributed by atoms with Gasteiger partial charge in [0.25, 0.3) is 0 Å². The molecule has 0 spiro atoms. The zero-order valence-corrected chi connectivity index (χ0v) is 13.8. The molecule has 0 saturated heterocycles. The van der Waals surface area contributed by atoms with Crippen LogP contribution in [0.5, 0.6) is 0 Å². The third-order valence-corrected chi connectivity index (χ3v) is 4.14. The SMILES string of the molecule is CC(C)(C)NC(=O)Cn1c(-c2cccs2)cc2cccnc21. The summed E-state index contributed by atoms with van der Waals surface area (Å²) in [5, 5.41) is 6.10. The molecule has 3 heterocycles. The Hall–Kier alpha value is -2.14. The normalized spacial score (nSPS) is 11.8. The summed E-state index contributed by atoms with van der Waals surface area (Å²) in [6, 6.07) is 10.1. The van der Waals surface area contributed by atoms with Crippen LogP contribution in [0.1, 0.15) is 20.8 Å². The largest absolute Gasteiger partial charge is 0.350 e. The van der Waals surface area contributed by atoms with Gasteiger partial charge in [0, 0.05) is 17.1 Å². The number of aromatic nitrogens is 2. The lowest BCUT2D eigenvalue weighted by Gasteiger charge is -2.21. The van der Waals surface area contributed by atoms with Gasteiger partial charge >= 0.3 is 0 Å². The van der Waals surface area contributed by atoms with Crippen LogP contribution in [0.4, 0.5) is 0 Å². The Morgan fingerprint density at radius 3 is 2.82 bits per heavy atom. The number of thiophene rings is 1. The predicted molar refractivity (Wildman–Crippen MR) is 90.9 cm³/mol. The summed E-state index contributed by atoms with van der Waals surface area (Å²) in [6.45, 7) is 6.22. The second-order valence-electron chi connectivity index (χ2n) is 6.31. The number of nitrogens with one attached hydrogen (secondary N) is 1. The Labute approximate surface area is 133 Å². The van der Waals surface area contributed by atoms with Gasteiger partial charge in [-0.3, -0.25) is 4.79 Å². The zero-order chi connectivity index (χ0) is 15.7. The van der Waals surface area contributed by atoms with Gasteiger partial charge in [0.2, 0.25) is 5.91 Å². The molecule has 1 N–H and O–H groups in total. The monoisotopic (exact) mass is 313 g/mol. The van der Waals surface area contributed by atoms with Crippen molar-refractivity contribution in [1.29, 1.82) is 0 Å². The molecule has 0 aromatic carbocycles. The molecule has 0 bridgehead atoms. The average molecular weight is 313 g/mol. The van der Waals surface area contributed by atoms with Gasteiger partial charge in [-0.25, -0.2) is 4.98 Å². The minimum atomic E-state index is -0.240. The van der Waals surface area contributed by atoms with Crippen LogP contribution < -0.4 is 5.32 Å². The van der Waals surface area contributed by atoms with E-state index in [1.807, 2.05) is 48.9 Å². The van der Waals surface area contributed by atoms with Gasteiger partial charge in [-0.1, -0.05) is 6.07 Å². The van der Waals surface area contributed by atoms with Crippen LogP contribution in [0.3, 0.4) is 0 Å². The molecule has 3 aromatic heterocycles. The van der Waals surface area contributed by atoms with E-state index >= 15 is 0 Å². The molecule has 0 atom stereocenters. The summed E-state index contributed by atoms with van der Waals surface area (Å²) in [5.41, 5.74) is 1.64. The Bertz CT molecular complexity index is 797. The highest BCUT2D eigenvalue weighted by Crippen LogP contribution is 2.30. The molecule has 1 amide bonds. The first kappa shape index (κ1) is 14.8. The lowest BCUT2D eigenvalue weighted by molar-refractivity contribution is -0.123. The highest BCUT2D eigenvalue weighted by atomic mass is 32.1. The summed E-state index contributed by atoms with van der Waals surface area (Å²) in [6.07, 6.45) is 1.76. The number of amides is 1. The van der Waals surface area contributed by atoms with E-state index in [0.717, 1.165) is 21.6 Å². The summed E-state index contributed by atoms with van der Waals surface area (Å²) in [5.74, 6) is -0.00606. The van der Waals surface area contributed by atoms with Gasteiger partial charge in [0.1, 0.15) is 12.2 Å². The maximum atomic E-state index is 12.3. The van der Waals surface area contributed by atoms with Crippen molar-refractivity contribution in [2.75, 3.05) is 0 Å². The fourth-order valence-electron chi connectivity index (χ4n) is 2.48. The van der Waals surface area contributed by atoms with Crippen molar-refractivity contribution < 1.29 is 4.79 Å². The molecule has 3 rings (SSSR count). The van der Waals surface area contributed by atoms with Gasteiger partial charge in [-0.2, -0.15) is 0 Å². The highest BCUT2D eigenvalue weighted by molar-refractivity contribution is 7.13. The number of fused-ring (bicyclic) bond motifs is 1. The molecule has 4 nitrogen and oxygen atoms in total. The summed E-state index contributed by atoms with van der Waals surface area (Å²) in [4.78, 5) is 17.9. The molecule has 0 aliphatic carbocycles. The second-order valence-corrected chi connectivity index (χ2v) is 7.26. The van der Waals surface area contributed by atoms with Crippen LogP contribution in [0.25, 0.3) is 21.6 Å². The van der Waals surface area contributed by atoms with Crippen LogP contribution in [-0.2, 0) is 11.3 Å². The van der Waals surface area contributed by atoms with Gasteiger partial charge in [0.05, 0.1) is 10.6 Å². The van der Waals surface area contributed by atoms with Gasteiger partial charge < -0.3 is 9.88 Å². The molecule has 114 valence electrons. The summed E-state index contributed by atoms with van der Waals surface area (Å²) in [7, 11) is 0. The van der Waals surface area contributed by atoms with Crippen molar-refractivity contribution in [3.8, 4) is 10.6 Å². The molecular weight excluding hydrogens is 294 g/mol. The lowest BCUT2D eigenvalue weighted by atomic mass is 10.1. The molecule has 0 fully saturated rings. The predicted octanol–water partition coefficient (Wildman–Crippen LogP) is 3.68. The lowest BCUT2D eigenvalue weighted by Crippen LogP contribution is -2.42. The van der Waals surface area contributed by atoms with Crippen LogP contribution >= 0.6 is 11.3 Å². The molecule has 0 aliphatic rings. The number of carbonyl (C=O) groups excluding carboxylic acids is 1. The Balaban J connectivity index is 2.03. The maximum Gasteiger partial charge on any atom is 0.240 e. The third kappa shape index (κ3) is 3.04. The Morgan fingerprint density at radius 1 is 1.32 bits per heavy atom. The minimum Gasteiger partial charge on any atom is -0.350 e. The summed E-state index contributed by atoms with van der Waals surface area (Å²) >= 11 is 1.67. The fraction of sp³-hybridized carbons (Fsp3) is 0.294. The van der Waals surface area contributed by atoms with Crippen molar-refractivity contribution in [3.05, 3.63) is 41.9 Å². The molecular formula is C17H19N3OS. The molecule has 3 aromatic rings. The standard InChI is InChI=1S/C17H19N3OS/c1-17(2,3)19-15(21)11-20-13(14-7-5-9-22-14)10-12-6-4-8-18-16(12)20/h4-10H,11H2,1-3H3,(H,19,21). The molecule has 22 heavy (non-hydrogen) atoms. The van der Waals surface area contributed by atoms with Crippen LogP contribution in [0, 0.1) is 0 Å². The smallest absolute Gasteiger partial charge is 0.240 e. The number of nitrogens with zero attached hydrogens (tertiary/aromatic N) is 2. The van der Waals surface area contributed by atoms with Crippen LogP contribution in [0.2, 0.25) is 0 Å². The number of carbonyl (C=O) groups is 1. The molecule has 0 aliphatic heterocycles. The van der Waals surface area contributed by atoms with E-state index in [1.54, 1.807) is 17.5 Å². The fourth-order valence-corrected chi connectivity index (χ4v) is 3.23. The van der Waals surface area contributed by atoms with Gasteiger partial charge in [-0.15, -0.1) is 11.3 Å². The first-order chi connectivity index (χ1) is 10.4. The minimum absolute atomic E-state index is 0.00606. The van der Waals surface area contributed by atoms with E-state index in [0.29, 0.717) is 0 Å². The topological polar surface area (TPSA) is 46.9 Å². The molecule has 0 unspecified atom stereocenters. The molecule has 0 saturated carbocycles. The average Bonchev–Trinajstić information content (AvgIpc) is 3.04. The van der Waals surface area contributed by atoms with Crippen molar-refractivity contribution in [3.63, 3.8) is 0 Å². The van der Waals surface area contributed by atoms with E-state index in [1.165, 1.54) is 0 Å². The van der Waals surface area contributed by atoms with Crippen molar-refractivity contribution in [2.24, 2.45) is 0 Å². The Kier molecular flexibility index (Phi) is 3.74. The number of hydrogen-bond acceptors (Lipinski definition) is 3. The van der Waals surface area contributed by atoms with E-state index in [2.05, 4.69) is 22.4 Å². The van der Waals surface area contributed by atoms with E-state index in [4.69, 9.17) is 0 Å². The van der Waals surface area contributed by atoms with Crippen molar-refractivity contribution in [2.45, 2.75) is 32.9 Å². The third-order valence-electron chi connectivity index (χ3n) is 3.25. The zero-order valence-electron chi connectivity index (χ0n) is 13.0. The second kappa shape index (κ2) is 5.57. The van der Waals surface area contributed by atoms with Crippen LogP contribution in [0.15, 0.2) is 41.9 Å². The quantitative estimate of drug-likeness (QED) is 0.802. The van der Waals surface area contributed by atoms with Gasteiger partial charge in [-0.05, 0) is 50.4 Å². The van der Waals surface area contributed by atoms with E-state index < -0.39 is 0 Å². The summed E-state index contributed by atoms with van der Waals surface area (Å²) < 4.78 is 1.99. The van der Waals surface area contributed by atoms with Crippen LogP contribution in [-0.4, -0.2) is 21.0 Å². The van der Waals surface area contributed by atoms with Crippen molar-refractivity contribution >= 4 is 28.3 Å². The molecule has 5 heteroatoms. The van der Waals surface area contributed by atoms with E-state index in [-0.39, 0.29) is 18.0 Å². The first-order valence-corrected chi connectivity index (χ1v) is 8.11. The first-order valence-electron chi connectivity index (χ1n) is 7.23. The number of rotatable bonds is 3.